The van der Waals surface area contributed by atoms with Gasteiger partial charge in [-0.2, -0.15) is 0 Å². The molecule has 150 valence electrons. The maximum atomic E-state index is 12.3. The number of hydrogen-bond donors (Lipinski definition) is 2. The average Bonchev–Trinajstić information content (AvgIpc) is 3.39. The minimum Gasteiger partial charge on any atom is -0.480 e. The van der Waals surface area contributed by atoms with Crippen molar-refractivity contribution in [3.8, 4) is 28.5 Å². The van der Waals surface area contributed by atoms with Gasteiger partial charge in [-0.1, -0.05) is 12.1 Å². The van der Waals surface area contributed by atoms with E-state index in [2.05, 4.69) is 10.3 Å². The summed E-state index contributed by atoms with van der Waals surface area (Å²) in [7, 11) is 0. The molecule has 0 radical (unpaired) electrons. The van der Waals surface area contributed by atoms with Crippen LogP contribution in [-0.4, -0.2) is 28.7 Å². The van der Waals surface area contributed by atoms with Crippen molar-refractivity contribution in [2.24, 2.45) is 0 Å². The number of nitrogens with two attached hydrogens (primary N) is 1. The molecular weight excluding hydrogens is 384 g/mol. The lowest BCUT2D eigenvalue weighted by atomic mass is 10.1. The molecule has 0 unspecified atom stereocenters. The Balaban J connectivity index is 1.30. The fraction of sp³-hybridized carbons (Fsp3) is 0.0909. The lowest BCUT2D eigenvalue weighted by Gasteiger charge is -2.08. The molecular formula is C22H18N4O4. The third-order valence-electron chi connectivity index (χ3n) is 4.67. The summed E-state index contributed by atoms with van der Waals surface area (Å²) in [6, 6.07) is 16.3. The lowest BCUT2D eigenvalue weighted by Crippen LogP contribution is -2.20. The van der Waals surface area contributed by atoms with Gasteiger partial charge < -0.3 is 29.7 Å². The van der Waals surface area contributed by atoms with Gasteiger partial charge in [-0.15, -0.1) is 0 Å². The molecule has 0 bridgehead atoms. The largest absolute Gasteiger partial charge is 0.480 e. The van der Waals surface area contributed by atoms with Gasteiger partial charge in [0, 0.05) is 35.4 Å². The Morgan fingerprint density at radius 2 is 1.97 bits per heavy atom. The SMILES string of the molecule is Nc1ccc(-c2cn3cccc(OCC(=O)Nc4ccc5c(c4)OCO5)c3n2)cc1. The van der Waals surface area contributed by atoms with Gasteiger partial charge >= 0.3 is 0 Å². The van der Waals surface area contributed by atoms with Crippen molar-refractivity contribution in [1.29, 1.82) is 0 Å². The fourth-order valence-electron chi connectivity index (χ4n) is 3.21. The average molecular weight is 402 g/mol. The summed E-state index contributed by atoms with van der Waals surface area (Å²) < 4.78 is 18.2. The number of nitrogens with zero attached hydrogens (tertiary/aromatic N) is 2. The number of nitrogen functional groups attached to an aromatic ring is 1. The summed E-state index contributed by atoms with van der Waals surface area (Å²) in [5.41, 5.74) is 9.42. The Hall–Kier alpha value is -4.20. The predicted octanol–water partition coefficient (Wildman–Crippen LogP) is 3.33. The Morgan fingerprint density at radius 3 is 2.83 bits per heavy atom. The van der Waals surface area contributed by atoms with E-state index in [1.165, 1.54) is 0 Å². The van der Waals surface area contributed by atoms with Crippen LogP contribution < -0.4 is 25.3 Å². The van der Waals surface area contributed by atoms with Crippen LogP contribution in [0.15, 0.2) is 67.0 Å². The molecule has 2 aromatic heterocycles. The number of fused-ring (bicyclic) bond motifs is 2. The van der Waals surface area contributed by atoms with E-state index in [4.69, 9.17) is 19.9 Å². The van der Waals surface area contributed by atoms with Gasteiger partial charge in [0.05, 0.1) is 5.69 Å². The van der Waals surface area contributed by atoms with Crippen LogP contribution in [0.2, 0.25) is 0 Å². The molecule has 0 saturated carbocycles. The van der Waals surface area contributed by atoms with E-state index in [0.717, 1.165) is 11.3 Å². The molecule has 0 fully saturated rings. The van der Waals surface area contributed by atoms with E-state index >= 15 is 0 Å². The summed E-state index contributed by atoms with van der Waals surface area (Å²) in [6.45, 7) is 0.0285. The molecule has 1 amide bonds. The van der Waals surface area contributed by atoms with Crippen LogP contribution in [0.3, 0.4) is 0 Å². The lowest BCUT2D eigenvalue weighted by molar-refractivity contribution is -0.118. The second kappa shape index (κ2) is 7.32. The summed E-state index contributed by atoms with van der Waals surface area (Å²) in [6.07, 6.45) is 3.78. The monoisotopic (exact) mass is 402 g/mol. The summed E-state index contributed by atoms with van der Waals surface area (Å²) in [5.74, 6) is 1.49. The van der Waals surface area contributed by atoms with E-state index in [9.17, 15) is 4.79 Å². The number of imidazole rings is 1. The van der Waals surface area contributed by atoms with Crippen LogP contribution in [0.25, 0.3) is 16.9 Å². The van der Waals surface area contributed by atoms with E-state index in [0.29, 0.717) is 34.3 Å². The maximum Gasteiger partial charge on any atom is 0.262 e. The Bertz CT molecular complexity index is 1230. The first kappa shape index (κ1) is 17.9. The number of carbonyl (C=O) groups excluding carboxylic acids is 1. The van der Waals surface area contributed by atoms with Gasteiger partial charge in [-0.25, -0.2) is 4.98 Å². The van der Waals surface area contributed by atoms with Crippen LogP contribution in [0.5, 0.6) is 17.2 Å². The van der Waals surface area contributed by atoms with E-state index in [1.54, 1.807) is 24.3 Å². The predicted molar refractivity (Wildman–Crippen MR) is 112 cm³/mol. The van der Waals surface area contributed by atoms with Gasteiger partial charge in [-0.05, 0) is 36.4 Å². The number of benzene rings is 2. The van der Waals surface area contributed by atoms with Gasteiger partial charge in [-0.3, -0.25) is 4.79 Å². The topological polar surface area (TPSA) is 100 Å². The van der Waals surface area contributed by atoms with Crippen LogP contribution in [0.1, 0.15) is 0 Å². The Kier molecular flexibility index (Phi) is 4.36. The fourth-order valence-corrected chi connectivity index (χ4v) is 3.21. The summed E-state index contributed by atoms with van der Waals surface area (Å²) in [5, 5.41) is 2.79. The summed E-state index contributed by atoms with van der Waals surface area (Å²) >= 11 is 0. The molecule has 4 aromatic rings. The van der Waals surface area contributed by atoms with Gasteiger partial charge in [0.25, 0.3) is 5.91 Å². The maximum absolute atomic E-state index is 12.3. The number of anilines is 2. The molecule has 8 nitrogen and oxygen atoms in total. The number of ether oxygens (including phenoxy) is 3. The molecule has 0 saturated heterocycles. The second-order valence-electron chi connectivity index (χ2n) is 6.76. The molecule has 0 atom stereocenters. The smallest absolute Gasteiger partial charge is 0.262 e. The third-order valence-corrected chi connectivity index (χ3v) is 4.67. The zero-order valence-electron chi connectivity index (χ0n) is 15.9. The number of aromatic nitrogens is 2. The number of rotatable bonds is 5. The van der Waals surface area contributed by atoms with Gasteiger partial charge in [0.15, 0.2) is 29.5 Å². The number of nitrogens with one attached hydrogen (secondary N) is 1. The van der Waals surface area contributed by atoms with Crippen LogP contribution >= 0.6 is 0 Å². The molecule has 5 rings (SSSR count). The quantitative estimate of drug-likeness (QED) is 0.497. The van der Waals surface area contributed by atoms with Crippen LogP contribution in [0, 0.1) is 0 Å². The molecule has 3 N–H and O–H groups in total. The molecule has 8 heteroatoms. The highest BCUT2D eigenvalue weighted by molar-refractivity contribution is 5.92. The molecule has 0 spiro atoms. The first-order chi connectivity index (χ1) is 14.7. The van der Waals surface area contributed by atoms with E-state index < -0.39 is 0 Å². The molecule has 2 aromatic carbocycles. The number of pyridine rings is 1. The van der Waals surface area contributed by atoms with Crippen molar-refractivity contribution in [2.45, 2.75) is 0 Å². The normalized spacial score (nSPS) is 12.1. The van der Waals surface area contributed by atoms with Crippen molar-refractivity contribution >= 4 is 22.9 Å². The first-order valence-corrected chi connectivity index (χ1v) is 9.32. The van der Waals surface area contributed by atoms with Crippen molar-refractivity contribution in [3.05, 3.63) is 67.0 Å². The highest BCUT2D eigenvalue weighted by Gasteiger charge is 2.15. The van der Waals surface area contributed by atoms with Gasteiger partial charge in [0.2, 0.25) is 6.79 Å². The Labute approximate surface area is 171 Å². The summed E-state index contributed by atoms with van der Waals surface area (Å²) in [4.78, 5) is 17.0. The first-order valence-electron chi connectivity index (χ1n) is 9.32. The van der Waals surface area contributed by atoms with E-state index in [-0.39, 0.29) is 19.3 Å². The zero-order chi connectivity index (χ0) is 20.5. The van der Waals surface area contributed by atoms with Crippen molar-refractivity contribution < 1.29 is 19.0 Å². The highest BCUT2D eigenvalue weighted by atomic mass is 16.7. The Morgan fingerprint density at radius 1 is 1.13 bits per heavy atom. The second-order valence-corrected chi connectivity index (χ2v) is 6.76. The zero-order valence-corrected chi connectivity index (χ0v) is 15.9. The van der Waals surface area contributed by atoms with Crippen LogP contribution in [0.4, 0.5) is 11.4 Å². The van der Waals surface area contributed by atoms with Crippen molar-refractivity contribution in [1.82, 2.24) is 9.38 Å². The molecule has 0 aliphatic carbocycles. The van der Waals surface area contributed by atoms with Crippen molar-refractivity contribution in [3.63, 3.8) is 0 Å². The van der Waals surface area contributed by atoms with Crippen molar-refractivity contribution in [2.75, 3.05) is 24.5 Å². The standard InChI is InChI=1S/C22H18N4O4/c23-15-5-3-14(4-6-15)17-11-26-9-1-2-19(22(26)25-17)28-12-21(27)24-16-7-8-18-20(10-16)30-13-29-18/h1-11H,12-13,23H2,(H,24,27). The number of hydrogen-bond acceptors (Lipinski definition) is 6. The number of amides is 1. The molecule has 1 aliphatic heterocycles. The van der Waals surface area contributed by atoms with Gasteiger partial charge in [0.1, 0.15) is 0 Å². The molecule has 1 aliphatic rings. The highest BCUT2D eigenvalue weighted by Crippen LogP contribution is 2.34. The molecule has 3 heterocycles. The minimum absolute atomic E-state index is 0.155. The molecule has 30 heavy (non-hydrogen) atoms. The minimum atomic E-state index is -0.291. The number of carbonyl (C=O) groups is 1. The van der Waals surface area contributed by atoms with E-state index in [1.807, 2.05) is 47.1 Å². The third kappa shape index (κ3) is 3.46. The van der Waals surface area contributed by atoms with Crippen LogP contribution in [-0.2, 0) is 4.79 Å².